The number of aromatic nitrogens is 1. The van der Waals surface area contributed by atoms with Crippen LogP contribution in [0.15, 0.2) is 54.6 Å². The lowest BCUT2D eigenvalue weighted by Crippen LogP contribution is -2.46. The molecule has 0 aliphatic carbocycles. The highest BCUT2D eigenvalue weighted by molar-refractivity contribution is 5.92. The summed E-state index contributed by atoms with van der Waals surface area (Å²) in [5, 5.41) is 13.7. The van der Waals surface area contributed by atoms with E-state index in [4.69, 9.17) is 9.72 Å². The van der Waals surface area contributed by atoms with Crippen LogP contribution in [0.3, 0.4) is 0 Å². The van der Waals surface area contributed by atoms with Gasteiger partial charge in [0.25, 0.3) is 0 Å². The second-order valence-corrected chi connectivity index (χ2v) is 7.77. The van der Waals surface area contributed by atoms with Gasteiger partial charge in [0, 0.05) is 31.6 Å². The molecule has 1 aliphatic heterocycles. The zero-order valence-electron chi connectivity index (χ0n) is 17.4. The molecule has 1 fully saturated rings. The van der Waals surface area contributed by atoms with Crippen molar-refractivity contribution in [3.63, 3.8) is 0 Å². The summed E-state index contributed by atoms with van der Waals surface area (Å²) in [7, 11) is 1.64. The van der Waals surface area contributed by atoms with Gasteiger partial charge in [0.15, 0.2) is 0 Å². The average molecular weight is 408 g/mol. The Balaban J connectivity index is 0.00000256. The first-order valence-electron chi connectivity index (χ1n) is 10.3. The molecule has 0 saturated carbocycles. The number of methoxy groups -OCH3 is 1. The Morgan fingerprint density at radius 1 is 1.03 bits per heavy atom. The van der Waals surface area contributed by atoms with Crippen molar-refractivity contribution in [3.8, 4) is 5.75 Å². The Bertz CT molecular complexity index is 977. The molecule has 3 aromatic rings. The highest BCUT2D eigenvalue weighted by atomic mass is 16.5. The van der Waals surface area contributed by atoms with Crippen LogP contribution < -0.4 is 9.64 Å². The lowest BCUT2D eigenvalue weighted by molar-refractivity contribution is 0.0976. The van der Waals surface area contributed by atoms with E-state index in [0.717, 1.165) is 60.6 Å². The second kappa shape index (κ2) is 9.02. The average Bonchev–Trinajstić information content (AvgIpc) is 2.78. The van der Waals surface area contributed by atoms with Crippen molar-refractivity contribution in [1.82, 2.24) is 9.88 Å². The third-order valence-corrected chi connectivity index (χ3v) is 5.99. The van der Waals surface area contributed by atoms with Crippen LogP contribution >= 0.6 is 0 Å². The number of pyridine rings is 1. The van der Waals surface area contributed by atoms with Gasteiger partial charge in [-0.15, -0.1) is 0 Å². The minimum absolute atomic E-state index is 0. The van der Waals surface area contributed by atoms with E-state index in [1.54, 1.807) is 7.11 Å². The lowest BCUT2D eigenvalue weighted by atomic mass is 9.91. The highest BCUT2D eigenvalue weighted by Gasteiger charge is 2.29. The zero-order valence-corrected chi connectivity index (χ0v) is 17.4. The first-order valence-corrected chi connectivity index (χ1v) is 10.3. The van der Waals surface area contributed by atoms with Crippen molar-refractivity contribution < 1.29 is 9.84 Å². The van der Waals surface area contributed by atoms with Crippen LogP contribution in [0.1, 0.15) is 32.5 Å². The molecule has 1 aromatic heterocycles. The van der Waals surface area contributed by atoms with Crippen LogP contribution in [0.2, 0.25) is 0 Å². The molecule has 0 bridgehead atoms. The fraction of sp³-hybridized carbons (Fsp3) is 0.400. The maximum Gasteiger partial charge on any atom is 0.136 e. The van der Waals surface area contributed by atoms with E-state index in [2.05, 4.69) is 34.9 Å². The number of piperazine rings is 1. The SMILES string of the molecule is C.CCN1CCN(c2nc(C(C)(O)c3ccc(OC)cc3)cc3ccccc23)CC1. The molecular weight excluding hydrogens is 374 g/mol. The molecule has 160 valence electrons. The van der Waals surface area contributed by atoms with Gasteiger partial charge in [-0.05, 0) is 42.6 Å². The Labute approximate surface area is 179 Å². The first kappa shape index (κ1) is 22.1. The van der Waals surface area contributed by atoms with Crippen molar-refractivity contribution in [1.29, 1.82) is 0 Å². The molecule has 2 aromatic carbocycles. The third kappa shape index (κ3) is 4.13. The fourth-order valence-electron chi connectivity index (χ4n) is 4.01. The maximum atomic E-state index is 11.5. The lowest BCUT2D eigenvalue weighted by Gasteiger charge is -2.36. The van der Waals surface area contributed by atoms with Crippen LogP contribution in [0.5, 0.6) is 5.75 Å². The van der Waals surface area contributed by atoms with Gasteiger partial charge in [0.2, 0.25) is 0 Å². The van der Waals surface area contributed by atoms with E-state index in [0.29, 0.717) is 5.69 Å². The monoisotopic (exact) mass is 407 g/mol. The van der Waals surface area contributed by atoms with Crippen LogP contribution in [0.4, 0.5) is 5.82 Å². The summed E-state index contributed by atoms with van der Waals surface area (Å²) in [6.07, 6.45) is 0. The van der Waals surface area contributed by atoms with Crippen molar-refractivity contribution >= 4 is 16.6 Å². The fourth-order valence-corrected chi connectivity index (χ4v) is 4.01. The topological polar surface area (TPSA) is 48.8 Å². The smallest absolute Gasteiger partial charge is 0.136 e. The number of hydrogen-bond acceptors (Lipinski definition) is 5. The highest BCUT2D eigenvalue weighted by Crippen LogP contribution is 2.34. The Kier molecular flexibility index (Phi) is 6.64. The molecular formula is C25H33N3O2. The Hall–Kier alpha value is -2.63. The number of benzene rings is 2. The molecule has 2 heterocycles. The van der Waals surface area contributed by atoms with Crippen LogP contribution in [-0.4, -0.2) is 54.8 Å². The van der Waals surface area contributed by atoms with Crippen molar-refractivity contribution in [2.75, 3.05) is 44.7 Å². The molecule has 4 rings (SSSR count). The second-order valence-electron chi connectivity index (χ2n) is 7.77. The quantitative estimate of drug-likeness (QED) is 0.684. The van der Waals surface area contributed by atoms with Crippen molar-refractivity contribution in [2.45, 2.75) is 26.9 Å². The van der Waals surface area contributed by atoms with Crippen LogP contribution in [-0.2, 0) is 5.60 Å². The van der Waals surface area contributed by atoms with Crippen LogP contribution in [0, 0.1) is 0 Å². The normalized spacial score (nSPS) is 16.7. The number of aliphatic hydroxyl groups is 1. The standard InChI is InChI=1S/C24H29N3O2.CH4/c1-4-26-13-15-27(16-14-26)23-21-8-6-5-7-18(21)17-22(25-23)24(2,28)19-9-11-20(29-3)12-10-19;/h5-12,17,28H,4,13-16H2,1-3H3;1H4. The summed E-state index contributed by atoms with van der Waals surface area (Å²) in [4.78, 5) is 9.80. The van der Waals surface area contributed by atoms with Gasteiger partial charge in [-0.25, -0.2) is 4.98 Å². The van der Waals surface area contributed by atoms with Gasteiger partial charge in [0.05, 0.1) is 12.8 Å². The Morgan fingerprint density at radius 3 is 2.33 bits per heavy atom. The van der Waals surface area contributed by atoms with Crippen LogP contribution in [0.25, 0.3) is 10.8 Å². The third-order valence-electron chi connectivity index (χ3n) is 5.99. The van der Waals surface area contributed by atoms with Crippen molar-refractivity contribution in [3.05, 3.63) is 65.9 Å². The predicted octanol–water partition coefficient (Wildman–Crippen LogP) is 4.28. The zero-order chi connectivity index (χ0) is 20.4. The Morgan fingerprint density at radius 2 is 1.70 bits per heavy atom. The minimum Gasteiger partial charge on any atom is -0.497 e. The van der Waals surface area contributed by atoms with E-state index in [1.165, 1.54) is 0 Å². The number of nitrogens with zero attached hydrogens (tertiary/aromatic N) is 3. The summed E-state index contributed by atoms with van der Waals surface area (Å²) in [5.74, 6) is 1.73. The summed E-state index contributed by atoms with van der Waals surface area (Å²) in [5.41, 5.74) is 0.258. The molecule has 0 spiro atoms. The van der Waals surface area contributed by atoms with E-state index >= 15 is 0 Å². The van der Waals surface area contributed by atoms with E-state index in [9.17, 15) is 5.11 Å². The summed E-state index contributed by atoms with van der Waals surface area (Å²) in [6.45, 7) is 9.05. The number of rotatable bonds is 5. The van der Waals surface area contributed by atoms with Crippen molar-refractivity contribution in [2.24, 2.45) is 0 Å². The first-order chi connectivity index (χ1) is 14.0. The molecule has 5 nitrogen and oxygen atoms in total. The molecule has 1 unspecified atom stereocenters. The number of ether oxygens (including phenoxy) is 1. The number of anilines is 1. The number of likely N-dealkylation sites (N-methyl/N-ethyl adjacent to an activating group) is 1. The minimum atomic E-state index is -1.20. The van der Waals surface area contributed by atoms with Gasteiger partial charge in [-0.2, -0.15) is 0 Å². The van der Waals surface area contributed by atoms with Gasteiger partial charge in [-0.1, -0.05) is 50.7 Å². The number of fused-ring (bicyclic) bond motifs is 1. The molecule has 30 heavy (non-hydrogen) atoms. The van der Waals surface area contributed by atoms with E-state index in [1.807, 2.05) is 43.3 Å². The molecule has 0 amide bonds. The van der Waals surface area contributed by atoms with Gasteiger partial charge >= 0.3 is 0 Å². The van der Waals surface area contributed by atoms with E-state index in [-0.39, 0.29) is 7.43 Å². The molecule has 1 atom stereocenters. The van der Waals surface area contributed by atoms with Gasteiger partial charge in [-0.3, -0.25) is 0 Å². The maximum absolute atomic E-state index is 11.5. The summed E-state index contributed by atoms with van der Waals surface area (Å²) in [6, 6.07) is 17.8. The molecule has 0 radical (unpaired) electrons. The largest absolute Gasteiger partial charge is 0.497 e. The predicted molar refractivity (Wildman–Crippen MR) is 124 cm³/mol. The molecule has 5 heteroatoms. The summed E-state index contributed by atoms with van der Waals surface area (Å²) >= 11 is 0. The number of hydrogen-bond donors (Lipinski definition) is 1. The van der Waals surface area contributed by atoms with E-state index < -0.39 is 5.60 Å². The molecule has 1 saturated heterocycles. The van der Waals surface area contributed by atoms with Gasteiger partial charge < -0.3 is 19.6 Å². The molecule has 1 aliphatic rings. The van der Waals surface area contributed by atoms with Gasteiger partial charge in [0.1, 0.15) is 17.2 Å². The summed E-state index contributed by atoms with van der Waals surface area (Å²) < 4.78 is 5.25. The molecule has 1 N–H and O–H groups in total.